The molecule has 0 aliphatic carbocycles. The number of carbonyl (C=O) groups is 3. The summed E-state index contributed by atoms with van der Waals surface area (Å²) in [4.78, 5) is 40.5. The molecule has 0 radical (unpaired) electrons. The highest BCUT2D eigenvalue weighted by molar-refractivity contribution is 7.15. The second-order valence-electron chi connectivity index (χ2n) is 7.18. The van der Waals surface area contributed by atoms with Gasteiger partial charge in [-0.05, 0) is 19.3 Å². The predicted molar refractivity (Wildman–Crippen MR) is 104 cm³/mol. The second kappa shape index (κ2) is 9.92. The average molecular weight is 410 g/mol. The van der Waals surface area contributed by atoms with E-state index in [1.54, 1.807) is 16.9 Å². The number of nitrogens with one attached hydrogen (secondary N) is 1. The zero-order valence-electron chi connectivity index (χ0n) is 16.2. The summed E-state index contributed by atoms with van der Waals surface area (Å²) >= 11 is 1.33. The fourth-order valence-corrected chi connectivity index (χ4v) is 4.20. The maximum absolute atomic E-state index is 12.6. The number of aromatic nitrogens is 2. The van der Waals surface area contributed by atoms with E-state index >= 15 is 0 Å². The minimum atomic E-state index is -0.268. The number of likely N-dealkylation sites (tertiary alicyclic amines) is 2. The number of hydrogen-bond acceptors (Lipinski definition) is 7. The van der Waals surface area contributed by atoms with Crippen molar-refractivity contribution in [3.8, 4) is 0 Å². The molecule has 10 heteroatoms. The topological polar surface area (TPSA) is 105 Å². The maximum Gasteiger partial charge on any atom is 0.242 e. The largest absolute Gasteiger partial charge is 0.384 e. The second-order valence-corrected chi connectivity index (χ2v) is 8.25. The van der Waals surface area contributed by atoms with Gasteiger partial charge in [-0.2, -0.15) is 0 Å². The van der Waals surface area contributed by atoms with E-state index in [9.17, 15) is 14.4 Å². The number of rotatable bonds is 7. The van der Waals surface area contributed by atoms with Crippen molar-refractivity contribution >= 4 is 34.2 Å². The van der Waals surface area contributed by atoms with Gasteiger partial charge in [0.15, 0.2) is 0 Å². The summed E-state index contributed by atoms with van der Waals surface area (Å²) in [6.45, 7) is 2.23. The summed E-state index contributed by atoms with van der Waals surface area (Å²) < 4.78 is 5.01. The number of ether oxygens (including phenoxy) is 1. The van der Waals surface area contributed by atoms with Crippen LogP contribution in [0.4, 0.5) is 5.13 Å². The molecule has 154 valence electrons. The Morgan fingerprint density at radius 1 is 1.25 bits per heavy atom. The van der Waals surface area contributed by atoms with Crippen LogP contribution in [0.15, 0.2) is 0 Å². The molecule has 1 unspecified atom stereocenters. The quantitative estimate of drug-likeness (QED) is 0.718. The summed E-state index contributed by atoms with van der Waals surface area (Å²) in [5.41, 5.74) is 0. The molecule has 0 bridgehead atoms. The van der Waals surface area contributed by atoms with Crippen LogP contribution in [0.5, 0.6) is 0 Å². The lowest BCUT2D eigenvalue weighted by Crippen LogP contribution is -2.42. The third kappa shape index (κ3) is 5.48. The van der Waals surface area contributed by atoms with Gasteiger partial charge in [0, 0.05) is 39.6 Å². The molecular formula is C18H27N5O4S. The van der Waals surface area contributed by atoms with E-state index in [4.69, 9.17) is 4.74 Å². The third-order valence-corrected chi connectivity index (χ3v) is 6.02. The van der Waals surface area contributed by atoms with Crippen LogP contribution in [0.3, 0.4) is 0 Å². The van der Waals surface area contributed by atoms with Crippen LogP contribution in [-0.2, 0) is 25.5 Å². The Morgan fingerprint density at radius 3 is 2.93 bits per heavy atom. The van der Waals surface area contributed by atoms with Gasteiger partial charge in [-0.25, -0.2) is 0 Å². The molecule has 0 aromatic carbocycles. The van der Waals surface area contributed by atoms with Gasteiger partial charge in [-0.3, -0.25) is 14.4 Å². The van der Waals surface area contributed by atoms with Gasteiger partial charge in [-0.15, -0.1) is 10.2 Å². The molecule has 3 amide bonds. The van der Waals surface area contributed by atoms with Crippen molar-refractivity contribution in [2.75, 3.05) is 45.2 Å². The van der Waals surface area contributed by atoms with Crippen molar-refractivity contribution < 1.29 is 19.1 Å². The van der Waals surface area contributed by atoms with Crippen LogP contribution < -0.4 is 5.32 Å². The van der Waals surface area contributed by atoms with Gasteiger partial charge in [-0.1, -0.05) is 17.8 Å². The molecule has 2 fully saturated rings. The van der Waals surface area contributed by atoms with E-state index in [0.717, 1.165) is 24.3 Å². The van der Waals surface area contributed by atoms with E-state index in [1.165, 1.54) is 11.3 Å². The molecular weight excluding hydrogens is 382 g/mol. The predicted octanol–water partition coefficient (Wildman–Crippen LogP) is 0.917. The first-order chi connectivity index (χ1) is 13.6. The molecule has 1 N–H and O–H groups in total. The molecule has 0 spiro atoms. The Kier molecular flexibility index (Phi) is 7.32. The van der Waals surface area contributed by atoms with Gasteiger partial charge in [0.25, 0.3) is 0 Å². The molecule has 1 aromatic heterocycles. The van der Waals surface area contributed by atoms with Gasteiger partial charge in [0.2, 0.25) is 22.9 Å². The SMILES string of the molecule is COCCc1nnc(NC(=O)C2CCN(C(=O)CN3CCCCCC3=O)C2)s1. The lowest BCUT2D eigenvalue weighted by atomic mass is 10.1. The van der Waals surface area contributed by atoms with Gasteiger partial charge in [0.1, 0.15) is 5.01 Å². The van der Waals surface area contributed by atoms with E-state index in [2.05, 4.69) is 15.5 Å². The van der Waals surface area contributed by atoms with Gasteiger partial charge in [0.05, 0.1) is 19.1 Å². The Bertz CT molecular complexity index is 710. The number of hydrogen-bond donors (Lipinski definition) is 1. The molecule has 28 heavy (non-hydrogen) atoms. The van der Waals surface area contributed by atoms with Crippen LogP contribution in [-0.4, -0.2) is 77.6 Å². The van der Waals surface area contributed by atoms with Crippen molar-refractivity contribution in [1.29, 1.82) is 0 Å². The van der Waals surface area contributed by atoms with Gasteiger partial charge >= 0.3 is 0 Å². The Hall–Kier alpha value is -2.07. The molecule has 2 saturated heterocycles. The Morgan fingerprint density at radius 2 is 2.11 bits per heavy atom. The van der Waals surface area contributed by atoms with Crippen LogP contribution in [0.2, 0.25) is 0 Å². The maximum atomic E-state index is 12.6. The number of amides is 3. The molecule has 3 rings (SSSR count). The monoisotopic (exact) mass is 409 g/mol. The van der Waals surface area contributed by atoms with Crippen molar-refractivity contribution in [3.63, 3.8) is 0 Å². The van der Waals surface area contributed by atoms with Crippen LogP contribution in [0.1, 0.15) is 37.1 Å². The normalized spacial score (nSPS) is 20.3. The lowest BCUT2D eigenvalue weighted by molar-refractivity contribution is -0.139. The Labute approximate surface area is 168 Å². The number of nitrogens with zero attached hydrogens (tertiary/aromatic N) is 4. The van der Waals surface area contributed by atoms with Crippen molar-refractivity contribution in [2.45, 2.75) is 38.5 Å². The summed E-state index contributed by atoms with van der Waals surface area (Å²) in [6.07, 6.45) is 4.66. The molecule has 1 atom stereocenters. The minimum absolute atomic E-state index is 0.0555. The molecule has 0 saturated carbocycles. The first kappa shape index (κ1) is 20.7. The number of methoxy groups -OCH3 is 1. The van der Waals surface area contributed by atoms with Gasteiger partial charge < -0.3 is 19.9 Å². The van der Waals surface area contributed by atoms with Crippen LogP contribution in [0.25, 0.3) is 0 Å². The van der Waals surface area contributed by atoms with E-state index < -0.39 is 0 Å². The summed E-state index contributed by atoms with van der Waals surface area (Å²) in [7, 11) is 1.62. The zero-order valence-corrected chi connectivity index (χ0v) is 17.0. The fourth-order valence-electron chi connectivity index (χ4n) is 3.47. The minimum Gasteiger partial charge on any atom is -0.384 e. The lowest BCUT2D eigenvalue weighted by Gasteiger charge is -2.23. The van der Waals surface area contributed by atoms with E-state index in [1.807, 2.05) is 0 Å². The summed E-state index contributed by atoms with van der Waals surface area (Å²) in [5, 5.41) is 12.1. The number of carbonyl (C=O) groups excluding carboxylic acids is 3. The standard InChI is InChI=1S/C18H27N5O4S/c1-27-10-7-14-20-21-18(28-14)19-17(26)13-6-9-23(11-13)16(25)12-22-8-4-2-3-5-15(22)24/h13H,2-12H2,1H3,(H,19,21,26). The van der Waals surface area contributed by atoms with Crippen molar-refractivity contribution in [1.82, 2.24) is 20.0 Å². The highest BCUT2D eigenvalue weighted by atomic mass is 32.1. The third-order valence-electron chi connectivity index (χ3n) is 5.13. The van der Waals surface area contributed by atoms with Crippen molar-refractivity contribution in [3.05, 3.63) is 5.01 Å². The summed E-state index contributed by atoms with van der Waals surface area (Å²) in [6, 6.07) is 0. The summed E-state index contributed by atoms with van der Waals surface area (Å²) in [5.74, 6) is -0.436. The molecule has 2 aliphatic heterocycles. The Balaban J connectivity index is 1.47. The zero-order chi connectivity index (χ0) is 19.9. The molecule has 1 aromatic rings. The highest BCUT2D eigenvalue weighted by Crippen LogP contribution is 2.21. The first-order valence-electron chi connectivity index (χ1n) is 9.74. The number of anilines is 1. The van der Waals surface area contributed by atoms with E-state index in [-0.39, 0.29) is 30.2 Å². The van der Waals surface area contributed by atoms with Crippen LogP contribution >= 0.6 is 11.3 Å². The smallest absolute Gasteiger partial charge is 0.242 e. The fraction of sp³-hybridized carbons (Fsp3) is 0.722. The van der Waals surface area contributed by atoms with E-state index in [0.29, 0.717) is 50.6 Å². The molecule has 2 aliphatic rings. The molecule has 9 nitrogen and oxygen atoms in total. The van der Waals surface area contributed by atoms with Crippen molar-refractivity contribution in [2.24, 2.45) is 5.92 Å². The average Bonchev–Trinajstić information content (AvgIpc) is 3.30. The first-order valence-corrected chi connectivity index (χ1v) is 10.6. The van der Waals surface area contributed by atoms with Crippen LogP contribution in [0, 0.1) is 5.92 Å². The molecule has 3 heterocycles. The highest BCUT2D eigenvalue weighted by Gasteiger charge is 2.32.